The van der Waals surface area contributed by atoms with Crippen molar-refractivity contribution in [3.05, 3.63) is 35.8 Å². The van der Waals surface area contributed by atoms with Gasteiger partial charge >= 0.3 is 12.3 Å². The number of aryl methyl sites for hydroxylation is 1. The molecule has 140 valence electrons. The zero-order chi connectivity index (χ0) is 19.5. The lowest BCUT2D eigenvalue weighted by atomic mass is 10.2. The third-order valence-corrected chi connectivity index (χ3v) is 2.92. The summed E-state index contributed by atoms with van der Waals surface area (Å²) in [5, 5.41) is 2.37. The van der Waals surface area contributed by atoms with Crippen LogP contribution in [-0.2, 0) is 17.5 Å². The standard InChI is InChI=1S/C16H18F3N5O2/c1-9-20-6-10(7-21-9)12-5-11(23-13(24-12)16(17,18)19)8-22-14(25)26-15(2,3)4/h5-7H,8H2,1-4H3,(H,22,25). The fourth-order valence-electron chi connectivity index (χ4n) is 1.86. The minimum absolute atomic E-state index is 0.00770. The average Bonchev–Trinajstić information content (AvgIpc) is 2.51. The molecule has 0 fully saturated rings. The predicted octanol–water partition coefficient (Wildman–Crippen LogP) is 3.29. The van der Waals surface area contributed by atoms with Crippen LogP contribution in [0.4, 0.5) is 18.0 Å². The molecule has 10 heteroatoms. The van der Waals surface area contributed by atoms with Crippen LogP contribution in [0.1, 0.15) is 38.1 Å². The first-order chi connectivity index (χ1) is 11.9. The normalized spacial score (nSPS) is 12.0. The van der Waals surface area contributed by atoms with E-state index < -0.39 is 23.7 Å². The van der Waals surface area contributed by atoms with E-state index in [0.717, 1.165) is 0 Å². The number of carbonyl (C=O) groups is 1. The van der Waals surface area contributed by atoms with Crippen molar-refractivity contribution in [1.29, 1.82) is 0 Å². The number of alkyl halides is 3. The van der Waals surface area contributed by atoms with E-state index in [2.05, 4.69) is 25.3 Å². The van der Waals surface area contributed by atoms with Crippen molar-refractivity contribution < 1.29 is 22.7 Å². The second-order valence-corrected chi connectivity index (χ2v) is 6.44. The Bertz CT molecular complexity index is 786. The number of aromatic nitrogens is 4. The van der Waals surface area contributed by atoms with Gasteiger partial charge in [0.05, 0.1) is 17.9 Å². The molecule has 0 unspecified atom stereocenters. The molecular weight excluding hydrogens is 351 g/mol. The van der Waals surface area contributed by atoms with Gasteiger partial charge in [-0.2, -0.15) is 13.2 Å². The number of nitrogens with one attached hydrogen (secondary N) is 1. The number of halogens is 3. The van der Waals surface area contributed by atoms with Crippen LogP contribution in [0.15, 0.2) is 18.5 Å². The second-order valence-electron chi connectivity index (χ2n) is 6.44. The molecule has 0 spiro atoms. The molecule has 0 aromatic carbocycles. The SMILES string of the molecule is Cc1ncc(-c2cc(CNC(=O)OC(C)(C)C)nc(C(F)(F)F)n2)cn1. The van der Waals surface area contributed by atoms with Gasteiger partial charge in [-0.1, -0.05) is 0 Å². The largest absolute Gasteiger partial charge is 0.451 e. The Morgan fingerprint density at radius 1 is 1.15 bits per heavy atom. The zero-order valence-electron chi connectivity index (χ0n) is 14.7. The number of hydrogen-bond donors (Lipinski definition) is 1. The van der Waals surface area contributed by atoms with E-state index in [1.807, 2.05) is 0 Å². The Kier molecular flexibility index (Phi) is 5.43. The van der Waals surface area contributed by atoms with Crippen molar-refractivity contribution in [1.82, 2.24) is 25.3 Å². The van der Waals surface area contributed by atoms with Gasteiger partial charge in [0.2, 0.25) is 5.82 Å². The summed E-state index contributed by atoms with van der Waals surface area (Å²) in [4.78, 5) is 26.6. The lowest BCUT2D eigenvalue weighted by molar-refractivity contribution is -0.145. The molecule has 0 bridgehead atoms. The molecule has 1 amide bonds. The maximum absolute atomic E-state index is 13.1. The minimum atomic E-state index is -4.73. The Morgan fingerprint density at radius 3 is 2.31 bits per heavy atom. The van der Waals surface area contributed by atoms with Crippen molar-refractivity contribution in [2.24, 2.45) is 0 Å². The van der Waals surface area contributed by atoms with Crippen LogP contribution in [0.5, 0.6) is 0 Å². The summed E-state index contributed by atoms with van der Waals surface area (Å²) in [7, 11) is 0. The highest BCUT2D eigenvalue weighted by atomic mass is 19.4. The van der Waals surface area contributed by atoms with Crippen LogP contribution >= 0.6 is 0 Å². The highest BCUT2D eigenvalue weighted by molar-refractivity contribution is 5.67. The quantitative estimate of drug-likeness (QED) is 0.893. The summed E-state index contributed by atoms with van der Waals surface area (Å²) in [6, 6.07) is 1.33. The third-order valence-electron chi connectivity index (χ3n) is 2.92. The van der Waals surface area contributed by atoms with Crippen molar-refractivity contribution in [2.75, 3.05) is 0 Å². The number of carbonyl (C=O) groups excluding carboxylic acids is 1. The Balaban J connectivity index is 2.29. The molecule has 0 aliphatic rings. The highest BCUT2D eigenvalue weighted by Crippen LogP contribution is 2.28. The van der Waals surface area contributed by atoms with Gasteiger partial charge in [-0.05, 0) is 33.8 Å². The molecule has 0 saturated carbocycles. The molecule has 1 N–H and O–H groups in total. The molecule has 0 radical (unpaired) electrons. The van der Waals surface area contributed by atoms with E-state index in [9.17, 15) is 18.0 Å². The van der Waals surface area contributed by atoms with Gasteiger partial charge < -0.3 is 10.1 Å². The van der Waals surface area contributed by atoms with E-state index in [1.54, 1.807) is 27.7 Å². The molecular formula is C16H18F3N5O2. The summed E-state index contributed by atoms with van der Waals surface area (Å²) < 4.78 is 44.3. The molecule has 2 heterocycles. The van der Waals surface area contributed by atoms with E-state index in [0.29, 0.717) is 11.4 Å². The van der Waals surface area contributed by atoms with Gasteiger partial charge in [-0.15, -0.1) is 0 Å². The van der Waals surface area contributed by atoms with E-state index >= 15 is 0 Å². The topological polar surface area (TPSA) is 89.9 Å². The Hall–Kier alpha value is -2.78. The minimum Gasteiger partial charge on any atom is -0.444 e. The Morgan fingerprint density at radius 2 is 1.77 bits per heavy atom. The lowest BCUT2D eigenvalue weighted by Crippen LogP contribution is -2.32. The molecule has 0 aliphatic heterocycles. The number of rotatable bonds is 3. The van der Waals surface area contributed by atoms with Crippen LogP contribution in [0, 0.1) is 6.92 Å². The van der Waals surface area contributed by atoms with Crippen molar-refractivity contribution in [2.45, 2.75) is 46.0 Å². The Labute approximate surface area is 148 Å². The van der Waals surface area contributed by atoms with Crippen LogP contribution in [0.2, 0.25) is 0 Å². The van der Waals surface area contributed by atoms with E-state index in [1.165, 1.54) is 18.5 Å². The number of amides is 1. The van der Waals surface area contributed by atoms with Crippen molar-refractivity contribution in [3.8, 4) is 11.3 Å². The summed E-state index contributed by atoms with van der Waals surface area (Å²) in [5.74, 6) is -0.831. The van der Waals surface area contributed by atoms with Crippen LogP contribution in [0.3, 0.4) is 0 Å². The predicted molar refractivity (Wildman–Crippen MR) is 85.9 cm³/mol. The third kappa shape index (κ3) is 5.64. The molecule has 0 aliphatic carbocycles. The van der Waals surface area contributed by atoms with Crippen LogP contribution in [-0.4, -0.2) is 31.6 Å². The van der Waals surface area contributed by atoms with E-state index in [4.69, 9.17) is 4.74 Å². The number of hydrogen-bond acceptors (Lipinski definition) is 6. The number of nitrogens with zero attached hydrogens (tertiary/aromatic N) is 4. The van der Waals surface area contributed by atoms with Crippen molar-refractivity contribution >= 4 is 6.09 Å². The summed E-state index contributed by atoms with van der Waals surface area (Å²) in [5.41, 5.74) is -0.429. The summed E-state index contributed by atoms with van der Waals surface area (Å²) in [6.45, 7) is 6.43. The summed E-state index contributed by atoms with van der Waals surface area (Å²) >= 11 is 0. The highest BCUT2D eigenvalue weighted by Gasteiger charge is 2.35. The maximum atomic E-state index is 13.1. The smallest absolute Gasteiger partial charge is 0.444 e. The number of ether oxygens (including phenoxy) is 1. The maximum Gasteiger partial charge on any atom is 0.451 e. The van der Waals surface area contributed by atoms with Gasteiger partial charge in [0.1, 0.15) is 11.4 Å². The van der Waals surface area contributed by atoms with Crippen LogP contribution in [0.25, 0.3) is 11.3 Å². The monoisotopic (exact) mass is 369 g/mol. The molecule has 7 nitrogen and oxygen atoms in total. The molecule has 2 aromatic rings. The van der Waals surface area contributed by atoms with Gasteiger partial charge in [0.15, 0.2) is 0 Å². The number of alkyl carbamates (subject to hydrolysis) is 1. The van der Waals surface area contributed by atoms with Gasteiger partial charge in [-0.3, -0.25) is 0 Å². The fourth-order valence-corrected chi connectivity index (χ4v) is 1.86. The first-order valence-electron chi connectivity index (χ1n) is 7.65. The molecule has 26 heavy (non-hydrogen) atoms. The molecule has 2 aromatic heterocycles. The second kappa shape index (κ2) is 7.22. The summed E-state index contributed by atoms with van der Waals surface area (Å²) in [6.07, 6.45) is -2.75. The van der Waals surface area contributed by atoms with Crippen LogP contribution < -0.4 is 5.32 Å². The van der Waals surface area contributed by atoms with Gasteiger partial charge in [0, 0.05) is 18.0 Å². The molecule has 0 saturated heterocycles. The lowest BCUT2D eigenvalue weighted by Gasteiger charge is -2.19. The van der Waals surface area contributed by atoms with Gasteiger partial charge in [0.25, 0.3) is 0 Å². The first-order valence-corrected chi connectivity index (χ1v) is 7.65. The zero-order valence-corrected chi connectivity index (χ0v) is 14.7. The van der Waals surface area contributed by atoms with Crippen molar-refractivity contribution in [3.63, 3.8) is 0 Å². The molecule has 0 atom stereocenters. The van der Waals surface area contributed by atoms with E-state index in [-0.39, 0.29) is 17.9 Å². The van der Waals surface area contributed by atoms with Gasteiger partial charge in [-0.25, -0.2) is 24.7 Å². The average molecular weight is 369 g/mol. The molecule has 2 rings (SSSR count). The first kappa shape index (κ1) is 19.5. The fraction of sp³-hybridized carbons (Fsp3) is 0.438.